The zero-order chi connectivity index (χ0) is 20.1. The Kier molecular flexibility index (Phi) is 6.52. The van der Waals surface area contributed by atoms with Crippen LogP contribution in [0.5, 0.6) is 5.75 Å². The van der Waals surface area contributed by atoms with E-state index in [1.807, 2.05) is 6.92 Å². The smallest absolute Gasteiger partial charge is 0.271 e. The molecule has 0 heterocycles. The monoisotopic (exact) mass is 390 g/mol. The third-order valence-corrected chi connectivity index (χ3v) is 4.25. The van der Waals surface area contributed by atoms with Crippen LogP contribution in [-0.4, -0.2) is 31.0 Å². The molecule has 0 saturated heterocycles. The molecule has 2 aromatic rings. The van der Waals surface area contributed by atoms with E-state index in [1.54, 1.807) is 12.1 Å². The van der Waals surface area contributed by atoms with E-state index in [-0.39, 0.29) is 21.8 Å². The molecule has 5 N–H and O–H groups in total. The summed E-state index contributed by atoms with van der Waals surface area (Å²) in [6.45, 7) is 2.26. The van der Waals surface area contributed by atoms with Gasteiger partial charge in [0.2, 0.25) is 0 Å². The van der Waals surface area contributed by atoms with Gasteiger partial charge in [0.15, 0.2) is 0 Å². The van der Waals surface area contributed by atoms with E-state index in [1.165, 1.54) is 19.2 Å². The molecule has 1 amide bonds. The number of anilines is 1. The fraction of sp³-hybridized carbons (Fsp3) is 0.211. The van der Waals surface area contributed by atoms with Crippen LogP contribution in [0.25, 0.3) is 11.1 Å². The summed E-state index contributed by atoms with van der Waals surface area (Å²) in [7, 11) is 1.47. The molecular formula is C19H20ClFN4O2. The van der Waals surface area contributed by atoms with Crippen molar-refractivity contribution in [1.82, 2.24) is 5.32 Å². The number of benzene rings is 2. The molecule has 0 saturated carbocycles. The molecule has 6 nitrogen and oxygen atoms in total. The molecule has 0 fully saturated rings. The van der Waals surface area contributed by atoms with Gasteiger partial charge in [0.1, 0.15) is 17.3 Å². The van der Waals surface area contributed by atoms with Gasteiger partial charge in [0.25, 0.3) is 5.91 Å². The number of hydrogen-bond donors (Lipinski definition) is 4. The number of halogens is 2. The van der Waals surface area contributed by atoms with Gasteiger partial charge in [-0.25, -0.2) is 4.39 Å². The van der Waals surface area contributed by atoms with E-state index in [4.69, 9.17) is 32.9 Å². The van der Waals surface area contributed by atoms with Crippen molar-refractivity contribution in [1.29, 1.82) is 10.8 Å². The molecule has 0 atom stereocenters. The van der Waals surface area contributed by atoms with Crippen molar-refractivity contribution in [3.63, 3.8) is 0 Å². The second kappa shape index (κ2) is 8.64. The number of methoxy groups -OCH3 is 1. The van der Waals surface area contributed by atoms with E-state index < -0.39 is 23.1 Å². The van der Waals surface area contributed by atoms with Crippen molar-refractivity contribution < 1.29 is 13.9 Å². The summed E-state index contributed by atoms with van der Waals surface area (Å²) in [5.41, 5.74) is 5.43. The molecular weight excluding hydrogens is 371 g/mol. The van der Waals surface area contributed by atoms with Crippen molar-refractivity contribution in [3.05, 3.63) is 46.7 Å². The predicted molar refractivity (Wildman–Crippen MR) is 106 cm³/mol. The van der Waals surface area contributed by atoms with E-state index in [0.29, 0.717) is 24.3 Å². The lowest BCUT2D eigenvalue weighted by Gasteiger charge is -2.15. The van der Waals surface area contributed by atoms with Gasteiger partial charge in [-0.3, -0.25) is 15.6 Å². The van der Waals surface area contributed by atoms with E-state index >= 15 is 0 Å². The summed E-state index contributed by atoms with van der Waals surface area (Å²) in [5.74, 6) is -0.868. The third kappa shape index (κ3) is 4.25. The lowest BCUT2D eigenvalue weighted by atomic mass is 9.95. The van der Waals surface area contributed by atoms with Crippen molar-refractivity contribution in [2.24, 2.45) is 0 Å². The van der Waals surface area contributed by atoms with Crippen molar-refractivity contribution >= 4 is 34.6 Å². The Morgan fingerprint density at radius 1 is 1.30 bits per heavy atom. The Balaban J connectivity index is 2.51. The first-order valence-electron chi connectivity index (χ1n) is 8.19. The average molecular weight is 391 g/mol. The molecule has 0 unspecified atom stereocenters. The molecule has 2 aromatic carbocycles. The second-order valence-electron chi connectivity index (χ2n) is 5.74. The molecule has 8 heteroatoms. The summed E-state index contributed by atoms with van der Waals surface area (Å²) < 4.78 is 19.7. The normalized spacial score (nSPS) is 10.4. The standard InChI is InChI=1S/C19H20ClFN4O2/c1-3-8-25-19(26)18(24)17(23)11-5-7-14(21)15(16(11)22)12-9-10(27-2)4-6-13(12)20/h4-7,9,23-24H,3,8,22H2,1-2H3,(H,25,26). The van der Waals surface area contributed by atoms with Crippen molar-refractivity contribution in [2.45, 2.75) is 13.3 Å². The topological polar surface area (TPSA) is 112 Å². The van der Waals surface area contributed by atoms with E-state index in [2.05, 4.69) is 5.32 Å². The highest BCUT2D eigenvalue weighted by atomic mass is 35.5. The summed E-state index contributed by atoms with van der Waals surface area (Å²) in [6, 6.07) is 7.10. The third-order valence-electron chi connectivity index (χ3n) is 3.92. The minimum atomic E-state index is -0.688. The first-order valence-corrected chi connectivity index (χ1v) is 8.57. The first kappa shape index (κ1) is 20.4. The summed E-state index contributed by atoms with van der Waals surface area (Å²) in [6.07, 6.45) is 0.698. The largest absolute Gasteiger partial charge is 0.497 e. The maximum atomic E-state index is 14.5. The number of amides is 1. The number of carbonyl (C=O) groups excluding carboxylic acids is 1. The van der Waals surface area contributed by atoms with E-state index in [9.17, 15) is 9.18 Å². The number of carbonyl (C=O) groups is 1. The highest BCUT2D eigenvalue weighted by molar-refractivity contribution is 6.68. The SMILES string of the molecule is CCCNC(=O)C(=N)C(=N)c1ccc(F)c(-c2cc(OC)ccc2Cl)c1N. The quantitative estimate of drug-likeness (QED) is 0.427. The molecule has 0 bridgehead atoms. The van der Waals surface area contributed by atoms with Crippen LogP contribution in [0.1, 0.15) is 18.9 Å². The highest BCUT2D eigenvalue weighted by Crippen LogP contribution is 2.38. The van der Waals surface area contributed by atoms with Gasteiger partial charge in [-0.2, -0.15) is 0 Å². The number of nitrogen functional groups attached to an aromatic ring is 1. The molecule has 27 heavy (non-hydrogen) atoms. The van der Waals surface area contributed by atoms with Gasteiger partial charge in [-0.05, 0) is 36.8 Å². The Morgan fingerprint density at radius 3 is 2.63 bits per heavy atom. The van der Waals surface area contributed by atoms with Gasteiger partial charge >= 0.3 is 0 Å². The summed E-state index contributed by atoms with van der Waals surface area (Å²) >= 11 is 6.20. The Labute approximate surface area is 161 Å². The van der Waals surface area contributed by atoms with Crippen LogP contribution >= 0.6 is 11.6 Å². The number of ether oxygens (including phenoxy) is 1. The van der Waals surface area contributed by atoms with Crippen LogP contribution in [0.3, 0.4) is 0 Å². The highest BCUT2D eigenvalue weighted by Gasteiger charge is 2.22. The number of hydrogen-bond acceptors (Lipinski definition) is 5. The molecule has 0 aliphatic rings. The van der Waals surface area contributed by atoms with Gasteiger partial charge in [0.05, 0.1) is 18.5 Å². The van der Waals surface area contributed by atoms with Crippen molar-refractivity contribution in [3.8, 4) is 16.9 Å². The molecule has 0 aromatic heterocycles. The lowest BCUT2D eigenvalue weighted by Crippen LogP contribution is -2.36. The number of rotatable bonds is 7. The van der Waals surface area contributed by atoms with Crippen LogP contribution in [0.15, 0.2) is 30.3 Å². The number of nitrogens with one attached hydrogen (secondary N) is 3. The Bertz CT molecular complexity index is 915. The van der Waals surface area contributed by atoms with Gasteiger partial charge in [0, 0.05) is 28.3 Å². The van der Waals surface area contributed by atoms with Crippen LogP contribution in [-0.2, 0) is 4.79 Å². The van der Waals surface area contributed by atoms with Crippen molar-refractivity contribution in [2.75, 3.05) is 19.4 Å². The molecule has 142 valence electrons. The van der Waals surface area contributed by atoms with Gasteiger partial charge < -0.3 is 15.8 Å². The van der Waals surface area contributed by atoms with E-state index in [0.717, 1.165) is 6.07 Å². The molecule has 0 aliphatic heterocycles. The van der Waals surface area contributed by atoms with Crippen LogP contribution in [0.2, 0.25) is 5.02 Å². The molecule has 0 radical (unpaired) electrons. The lowest BCUT2D eigenvalue weighted by molar-refractivity contribution is -0.114. The Hall–Kier alpha value is -2.93. The van der Waals surface area contributed by atoms with Gasteiger partial charge in [-0.1, -0.05) is 18.5 Å². The zero-order valence-corrected chi connectivity index (χ0v) is 15.7. The van der Waals surface area contributed by atoms with Crippen LogP contribution in [0, 0.1) is 16.6 Å². The molecule has 2 rings (SSSR count). The van der Waals surface area contributed by atoms with Crippen LogP contribution in [0.4, 0.5) is 10.1 Å². The predicted octanol–water partition coefficient (Wildman–Crippen LogP) is 3.65. The maximum Gasteiger partial charge on any atom is 0.271 e. The first-order chi connectivity index (χ1) is 12.8. The van der Waals surface area contributed by atoms with Crippen LogP contribution < -0.4 is 15.8 Å². The number of nitrogens with two attached hydrogens (primary N) is 1. The molecule has 0 spiro atoms. The summed E-state index contributed by atoms with van der Waals surface area (Å²) in [4.78, 5) is 12.0. The van der Waals surface area contributed by atoms with Gasteiger partial charge in [-0.15, -0.1) is 0 Å². The second-order valence-corrected chi connectivity index (χ2v) is 6.14. The average Bonchev–Trinajstić information content (AvgIpc) is 2.66. The minimum absolute atomic E-state index is 0.0112. The zero-order valence-electron chi connectivity index (χ0n) is 15.0. The Morgan fingerprint density at radius 2 is 2.00 bits per heavy atom. The fourth-order valence-corrected chi connectivity index (χ4v) is 2.69. The maximum absolute atomic E-state index is 14.5. The minimum Gasteiger partial charge on any atom is -0.497 e. The summed E-state index contributed by atoms with van der Waals surface area (Å²) in [5, 5.41) is 18.9. The molecule has 0 aliphatic carbocycles. The fourth-order valence-electron chi connectivity index (χ4n) is 2.48.